The third-order valence-electron chi connectivity index (χ3n) is 4.59. The molecule has 0 radical (unpaired) electrons. The summed E-state index contributed by atoms with van der Waals surface area (Å²) < 4.78 is 6.09. The largest absolute Gasteiger partial charge is 0.495 e. The van der Waals surface area contributed by atoms with E-state index in [1.54, 1.807) is 30.5 Å². The van der Waals surface area contributed by atoms with Gasteiger partial charge in [0.15, 0.2) is 4.34 Å². The second-order valence-electron chi connectivity index (χ2n) is 6.59. The SMILES string of the molecule is COc1ccccc1N1C[C@H](C(=O)Nc2nnc(SCc3cccnc3)s2)CC1=O. The molecule has 154 valence electrons. The fourth-order valence-electron chi connectivity index (χ4n) is 3.12. The Morgan fingerprint density at radius 2 is 2.17 bits per heavy atom. The van der Waals surface area contributed by atoms with Gasteiger partial charge in [-0.3, -0.25) is 14.6 Å². The lowest BCUT2D eigenvalue weighted by Crippen LogP contribution is -2.28. The highest BCUT2D eigenvalue weighted by atomic mass is 32.2. The lowest BCUT2D eigenvalue weighted by atomic mass is 10.1. The lowest BCUT2D eigenvalue weighted by Gasteiger charge is -2.19. The normalized spacial score (nSPS) is 16.0. The number of carbonyl (C=O) groups is 2. The van der Waals surface area contributed by atoms with Crippen LogP contribution >= 0.6 is 23.1 Å². The monoisotopic (exact) mass is 441 g/mol. The van der Waals surface area contributed by atoms with E-state index in [9.17, 15) is 9.59 Å². The molecule has 3 heterocycles. The number of amides is 2. The number of para-hydroxylation sites is 2. The molecule has 2 aromatic heterocycles. The fourth-order valence-corrected chi connectivity index (χ4v) is 4.81. The molecule has 1 saturated heterocycles. The molecule has 0 aliphatic carbocycles. The van der Waals surface area contributed by atoms with Crippen molar-refractivity contribution < 1.29 is 14.3 Å². The quantitative estimate of drug-likeness (QED) is 0.444. The van der Waals surface area contributed by atoms with Crippen molar-refractivity contribution in [2.45, 2.75) is 16.5 Å². The number of hydrogen-bond acceptors (Lipinski definition) is 8. The molecule has 1 aliphatic rings. The van der Waals surface area contributed by atoms with Gasteiger partial charge in [0.05, 0.1) is 18.7 Å². The summed E-state index contributed by atoms with van der Waals surface area (Å²) in [5, 5.41) is 11.4. The fraction of sp³-hybridized carbons (Fsp3) is 0.250. The highest BCUT2D eigenvalue weighted by Gasteiger charge is 2.36. The van der Waals surface area contributed by atoms with Crippen molar-refractivity contribution in [3.05, 3.63) is 54.4 Å². The summed E-state index contributed by atoms with van der Waals surface area (Å²) in [6, 6.07) is 11.2. The van der Waals surface area contributed by atoms with Crippen LogP contribution in [0.15, 0.2) is 53.1 Å². The van der Waals surface area contributed by atoms with Gasteiger partial charge >= 0.3 is 0 Å². The molecule has 1 aliphatic heterocycles. The first kappa shape index (κ1) is 20.3. The van der Waals surface area contributed by atoms with Crippen LogP contribution in [0.3, 0.4) is 0 Å². The van der Waals surface area contributed by atoms with E-state index in [2.05, 4.69) is 20.5 Å². The van der Waals surface area contributed by atoms with Crippen LogP contribution in [0.1, 0.15) is 12.0 Å². The van der Waals surface area contributed by atoms with E-state index < -0.39 is 5.92 Å². The van der Waals surface area contributed by atoms with Crippen molar-refractivity contribution in [1.29, 1.82) is 0 Å². The third kappa shape index (κ3) is 4.60. The van der Waals surface area contributed by atoms with Crippen LogP contribution < -0.4 is 15.0 Å². The Hall–Kier alpha value is -2.98. The van der Waals surface area contributed by atoms with Crippen molar-refractivity contribution in [2.24, 2.45) is 5.92 Å². The number of ether oxygens (including phenoxy) is 1. The second-order valence-corrected chi connectivity index (χ2v) is 8.79. The van der Waals surface area contributed by atoms with Gasteiger partial charge in [-0.2, -0.15) is 0 Å². The van der Waals surface area contributed by atoms with E-state index in [0.29, 0.717) is 23.1 Å². The van der Waals surface area contributed by atoms with Gasteiger partial charge in [-0.25, -0.2) is 0 Å². The molecule has 0 bridgehead atoms. The molecule has 1 N–H and O–H groups in total. The number of nitrogens with one attached hydrogen (secondary N) is 1. The third-order valence-corrected chi connectivity index (χ3v) is 6.64. The van der Waals surface area contributed by atoms with Crippen LogP contribution in [-0.4, -0.2) is 40.7 Å². The van der Waals surface area contributed by atoms with E-state index in [0.717, 1.165) is 15.7 Å². The molecule has 0 spiro atoms. The summed E-state index contributed by atoms with van der Waals surface area (Å²) in [5.41, 5.74) is 1.76. The maximum absolute atomic E-state index is 12.7. The zero-order valence-electron chi connectivity index (χ0n) is 16.1. The molecule has 8 nitrogen and oxygen atoms in total. The van der Waals surface area contributed by atoms with Crippen LogP contribution in [0.5, 0.6) is 5.75 Å². The predicted octanol–water partition coefficient (Wildman–Crippen LogP) is 3.23. The van der Waals surface area contributed by atoms with Crippen molar-refractivity contribution in [1.82, 2.24) is 15.2 Å². The average molecular weight is 442 g/mol. The van der Waals surface area contributed by atoms with Crippen LogP contribution in [0, 0.1) is 5.92 Å². The highest BCUT2D eigenvalue weighted by Crippen LogP contribution is 2.33. The molecule has 1 atom stereocenters. The van der Waals surface area contributed by atoms with Gasteiger partial charge in [0, 0.05) is 31.1 Å². The summed E-state index contributed by atoms with van der Waals surface area (Å²) in [5.74, 6) is 0.524. The number of methoxy groups -OCH3 is 1. The Kier molecular flexibility index (Phi) is 6.24. The van der Waals surface area contributed by atoms with Gasteiger partial charge in [0.1, 0.15) is 5.75 Å². The Morgan fingerprint density at radius 1 is 1.30 bits per heavy atom. The number of carbonyl (C=O) groups excluding carboxylic acids is 2. The molecule has 2 amide bonds. The van der Waals surface area contributed by atoms with Gasteiger partial charge in [-0.05, 0) is 23.8 Å². The molecule has 10 heteroatoms. The number of pyridine rings is 1. The van der Waals surface area contributed by atoms with Crippen molar-refractivity contribution in [3.63, 3.8) is 0 Å². The minimum absolute atomic E-state index is 0.107. The molecular formula is C20H19N5O3S2. The Bertz CT molecular complexity index is 1040. The average Bonchev–Trinajstić information content (AvgIpc) is 3.39. The van der Waals surface area contributed by atoms with Crippen LogP contribution in [0.2, 0.25) is 0 Å². The summed E-state index contributed by atoms with van der Waals surface area (Å²) in [6.45, 7) is 0.298. The van der Waals surface area contributed by atoms with Gasteiger partial charge in [-0.1, -0.05) is 41.3 Å². The van der Waals surface area contributed by atoms with Crippen LogP contribution in [0.4, 0.5) is 10.8 Å². The molecule has 3 aromatic rings. The first-order valence-corrected chi connectivity index (χ1v) is 11.0. The van der Waals surface area contributed by atoms with E-state index >= 15 is 0 Å². The number of nitrogens with zero attached hydrogens (tertiary/aromatic N) is 4. The van der Waals surface area contributed by atoms with E-state index in [1.807, 2.05) is 30.3 Å². The van der Waals surface area contributed by atoms with E-state index in [-0.39, 0.29) is 18.2 Å². The first-order valence-electron chi connectivity index (χ1n) is 9.23. The molecule has 0 saturated carbocycles. The topological polar surface area (TPSA) is 97.3 Å². The Balaban J connectivity index is 1.35. The van der Waals surface area contributed by atoms with Crippen LogP contribution in [0.25, 0.3) is 0 Å². The standard InChI is InChI=1S/C20H19N5O3S2/c1-28-16-7-3-2-6-15(16)25-11-14(9-17(25)26)18(27)22-19-23-24-20(30-19)29-12-13-5-4-8-21-10-13/h2-8,10,14H,9,11-12H2,1H3,(H,22,23,27)/t14-/m1/s1. The minimum atomic E-state index is -0.460. The predicted molar refractivity (Wildman–Crippen MR) is 116 cm³/mol. The minimum Gasteiger partial charge on any atom is -0.495 e. The summed E-state index contributed by atoms with van der Waals surface area (Å²) in [4.78, 5) is 30.9. The number of hydrogen-bond donors (Lipinski definition) is 1. The van der Waals surface area contributed by atoms with Gasteiger partial charge in [-0.15, -0.1) is 10.2 Å². The van der Waals surface area contributed by atoms with E-state index in [1.165, 1.54) is 23.1 Å². The zero-order valence-corrected chi connectivity index (χ0v) is 17.8. The molecular weight excluding hydrogens is 422 g/mol. The van der Waals surface area contributed by atoms with Crippen molar-refractivity contribution >= 4 is 45.7 Å². The number of benzene rings is 1. The van der Waals surface area contributed by atoms with E-state index in [4.69, 9.17) is 4.74 Å². The summed E-state index contributed by atoms with van der Waals surface area (Å²) >= 11 is 2.85. The molecule has 0 unspecified atom stereocenters. The molecule has 1 fully saturated rings. The summed E-state index contributed by atoms with van der Waals surface area (Å²) in [6.07, 6.45) is 3.68. The molecule has 1 aromatic carbocycles. The molecule has 4 rings (SSSR count). The molecule has 30 heavy (non-hydrogen) atoms. The number of aromatic nitrogens is 3. The maximum atomic E-state index is 12.7. The summed E-state index contributed by atoms with van der Waals surface area (Å²) in [7, 11) is 1.56. The highest BCUT2D eigenvalue weighted by molar-refractivity contribution is 8.00. The van der Waals surface area contributed by atoms with Gasteiger partial charge in [0.25, 0.3) is 0 Å². The smallest absolute Gasteiger partial charge is 0.231 e. The van der Waals surface area contributed by atoms with Gasteiger partial charge < -0.3 is 15.0 Å². The maximum Gasteiger partial charge on any atom is 0.231 e. The van der Waals surface area contributed by atoms with Crippen molar-refractivity contribution in [2.75, 3.05) is 23.9 Å². The first-order chi connectivity index (χ1) is 14.6. The zero-order chi connectivity index (χ0) is 20.9. The number of thioether (sulfide) groups is 1. The second kappa shape index (κ2) is 9.23. The Morgan fingerprint density at radius 3 is 2.97 bits per heavy atom. The van der Waals surface area contributed by atoms with Gasteiger partial charge in [0.2, 0.25) is 16.9 Å². The number of anilines is 2. The Labute approximate surface area is 181 Å². The lowest BCUT2D eigenvalue weighted by molar-refractivity contribution is -0.122. The van der Waals surface area contributed by atoms with Crippen molar-refractivity contribution in [3.8, 4) is 5.75 Å². The van der Waals surface area contributed by atoms with Crippen LogP contribution in [-0.2, 0) is 15.3 Å². The number of rotatable bonds is 7.